The minimum Gasteiger partial charge on any atom is -0.497 e. The van der Waals surface area contributed by atoms with Crippen LogP contribution in [0.2, 0.25) is 0 Å². The predicted octanol–water partition coefficient (Wildman–Crippen LogP) is 5.85. The number of rotatable bonds is 11. The fourth-order valence-electron chi connectivity index (χ4n) is 3.86. The number of aromatic nitrogens is 2. The molecule has 204 valence electrons. The summed E-state index contributed by atoms with van der Waals surface area (Å²) in [6.45, 7) is 8.64. The fourth-order valence-corrected chi connectivity index (χ4v) is 3.86. The van der Waals surface area contributed by atoms with E-state index in [4.69, 9.17) is 14.6 Å². The van der Waals surface area contributed by atoms with Crippen LogP contribution in [-0.2, 0) is 10.2 Å². The first kappa shape index (κ1) is 28.6. The van der Waals surface area contributed by atoms with Crippen molar-refractivity contribution in [1.29, 1.82) is 0 Å². The molecule has 2 N–H and O–H groups in total. The number of hydrogen-bond acceptors (Lipinski definition) is 5. The molecule has 0 radical (unpaired) electrons. The van der Waals surface area contributed by atoms with Crippen molar-refractivity contribution in [3.63, 3.8) is 0 Å². The third-order valence-corrected chi connectivity index (χ3v) is 6.06. The van der Waals surface area contributed by atoms with Crippen molar-refractivity contribution < 1.29 is 19.1 Å². The summed E-state index contributed by atoms with van der Waals surface area (Å²) in [5, 5.41) is 10.6. The van der Waals surface area contributed by atoms with Gasteiger partial charge in [0.25, 0.3) is 0 Å². The first-order chi connectivity index (χ1) is 18.2. The molecule has 0 atom stereocenters. The van der Waals surface area contributed by atoms with Gasteiger partial charge in [-0.15, -0.1) is 0 Å². The highest BCUT2D eigenvalue weighted by Gasteiger charge is 2.23. The number of methoxy groups -OCH3 is 2. The van der Waals surface area contributed by atoms with Crippen LogP contribution < -0.4 is 20.1 Å². The molecule has 9 nitrogen and oxygen atoms in total. The third kappa shape index (κ3) is 7.50. The Morgan fingerprint density at radius 1 is 0.974 bits per heavy atom. The monoisotopic (exact) mass is 521 g/mol. The Morgan fingerprint density at radius 3 is 2.32 bits per heavy atom. The zero-order valence-corrected chi connectivity index (χ0v) is 23.2. The van der Waals surface area contributed by atoms with Gasteiger partial charge in [-0.25, -0.2) is 9.48 Å². The summed E-state index contributed by atoms with van der Waals surface area (Å²) in [7, 11) is 3.16. The smallest absolute Gasteiger partial charge is 0.322 e. The number of ether oxygens (including phenoxy) is 2. The van der Waals surface area contributed by atoms with E-state index in [1.807, 2.05) is 42.5 Å². The quantitative estimate of drug-likeness (QED) is 0.309. The number of para-hydroxylation sites is 2. The molecule has 38 heavy (non-hydrogen) atoms. The van der Waals surface area contributed by atoms with Crippen LogP contribution in [0.25, 0.3) is 5.69 Å². The van der Waals surface area contributed by atoms with E-state index in [9.17, 15) is 9.59 Å². The Kier molecular flexibility index (Phi) is 9.76. The van der Waals surface area contributed by atoms with Gasteiger partial charge in [0.2, 0.25) is 5.91 Å². The first-order valence-electron chi connectivity index (χ1n) is 12.9. The van der Waals surface area contributed by atoms with E-state index in [1.165, 1.54) is 4.90 Å². The molecule has 0 aliphatic rings. The second kappa shape index (κ2) is 13.0. The summed E-state index contributed by atoms with van der Waals surface area (Å²) in [6.07, 6.45) is 2.76. The van der Waals surface area contributed by atoms with Crippen LogP contribution in [0.5, 0.6) is 11.5 Å². The Balaban J connectivity index is 1.82. The molecular formula is C29H39N5O4. The van der Waals surface area contributed by atoms with E-state index < -0.39 is 0 Å². The van der Waals surface area contributed by atoms with Gasteiger partial charge in [-0.1, -0.05) is 52.7 Å². The lowest BCUT2D eigenvalue weighted by molar-refractivity contribution is -0.116. The highest BCUT2D eigenvalue weighted by atomic mass is 16.5. The minimum absolute atomic E-state index is 0.108. The number of hydrogen-bond donors (Lipinski definition) is 2. The van der Waals surface area contributed by atoms with Crippen LogP contribution in [0.1, 0.15) is 52.7 Å². The van der Waals surface area contributed by atoms with Gasteiger partial charge in [0.1, 0.15) is 23.9 Å². The van der Waals surface area contributed by atoms with Gasteiger partial charge in [-0.3, -0.25) is 4.79 Å². The molecule has 0 saturated carbocycles. The second-order valence-electron chi connectivity index (χ2n) is 10.1. The topological polar surface area (TPSA) is 97.7 Å². The Hall–Kier alpha value is -4.01. The van der Waals surface area contributed by atoms with Crippen LogP contribution in [0.4, 0.5) is 16.3 Å². The summed E-state index contributed by atoms with van der Waals surface area (Å²) in [6, 6.07) is 16.2. The number of benzene rings is 2. The van der Waals surface area contributed by atoms with E-state index in [1.54, 1.807) is 31.0 Å². The molecule has 1 heterocycles. The van der Waals surface area contributed by atoms with Crippen LogP contribution in [-0.4, -0.2) is 53.9 Å². The highest BCUT2D eigenvalue weighted by molar-refractivity contribution is 5.97. The van der Waals surface area contributed by atoms with Crippen LogP contribution in [0.15, 0.2) is 54.6 Å². The lowest BCUT2D eigenvalue weighted by Crippen LogP contribution is -2.41. The summed E-state index contributed by atoms with van der Waals surface area (Å²) in [4.78, 5) is 28.0. The van der Waals surface area contributed by atoms with Gasteiger partial charge in [0, 0.05) is 18.0 Å². The molecule has 0 saturated heterocycles. The highest BCUT2D eigenvalue weighted by Crippen LogP contribution is 2.27. The maximum Gasteiger partial charge on any atom is 0.322 e. The predicted molar refractivity (Wildman–Crippen MR) is 151 cm³/mol. The van der Waals surface area contributed by atoms with Gasteiger partial charge >= 0.3 is 6.03 Å². The normalized spacial score (nSPS) is 11.1. The standard InChI is InChI=1S/C29H39N5O4/c1-7-8-11-18-33(28(36)30-23-12-9-10-13-24(23)38-6)20-27(35)31-26-19-25(29(2,3)4)32-34(26)21-14-16-22(37-5)17-15-21/h9-10,12-17,19H,7-8,11,18,20H2,1-6H3,(H,30,36)(H,31,35). The van der Waals surface area contributed by atoms with Gasteiger partial charge in [-0.05, 0) is 42.8 Å². The molecule has 3 aromatic rings. The Labute approximate surface area is 225 Å². The summed E-state index contributed by atoms with van der Waals surface area (Å²) >= 11 is 0. The number of anilines is 2. The zero-order valence-electron chi connectivity index (χ0n) is 23.2. The molecule has 0 aliphatic heterocycles. The van der Waals surface area contributed by atoms with Crippen molar-refractivity contribution >= 4 is 23.4 Å². The Morgan fingerprint density at radius 2 is 1.68 bits per heavy atom. The average molecular weight is 522 g/mol. The SMILES string of the molecule is CCCCCN(CC(=O)Nc1cc(C(C)(C)C)nn1-c1ccc(OC)cc1)C(=O)Nc1ccccc1OC. The maximum atomic E-state index is 13.3. The summed E-state index contributed by atoms with van der Waals surface area (Å²) in [5.74, 6) is 1.50. The van der Waals surface area contributed by atoms with E-state index in [2.05, 4.69) is 38.3 Å². The van der Waals surface area contributed by atoms with Crippen molar-refractivity contribution in [3.05, 3.63) is 60.3 Å². The van der Waals surface area contributed by atoms with Gasteiger partial charge < -0.3 is 25.0 Å². The molecule has 0 bridgehead atoms. The molecule has 0 aliphatic carbocycles. The molecule has 3 rings (SSSR count). The molecule has 2 aromatic carbocycles. The van der Waals surface area contributed by atoms with Crippen LogP contribution in [0.3, 0.4) is 0 Å². The molecule has 1 aromatic heterocycles. The number of carbonyl (C=O) groups is 2. The second-order valence-corrected chi connectivity index (χ2v) is 10.1. The number of nitrogens with one attached hydrogen (secondary N) is 2. The molecular weight excluding hydrogens is 482 g/mol. The van der Waals surface area contributed by atoms with E-state index in [0.717, 1.165) is 36.4 Å². The Bertz CT molecular complexity index is 1210. The van der Waals surface area contributed by atoms with Crippen LogP contribution >= 0.6 is 0 Å². The van der Waals surface area contributed by atoms with Gasteiger partial charge in [-0.2, -0.15) is 5.10 Å². The fraction of sp³-hybridized carbons (Fsp3) is 0.414. The number of nitrogens with zero attached hydrogens (tertiary/aromatic N) is 3. The van der Waals surface area contributed by atoms with Crippen molar-refractivity contribution in [1.82, 2.24) is 14.7 Å². The summed E-state index contributed by atoms with van der Waals surface area (Å²) in [5.41, 5.74) is 1.94. The first-order valence-corrected chi connectivity index (χ1v) is 12.9. The minimum atomic E-state index is -0.361. The number of unbranched alkanes of at least 4 members (excludes halogenated alkanes) is 2. The van der Waals surface area contributed by atoms with E-state index in [-0.39, 0.29) is 23.9 Å². The third-order valence-electron chi connectivity index (χ3n) is 6.06. The van der Waals surface area contributed by atoms with E-state index in [0.29, 0.717) is 23.8 Å². The molecule has 3 amide bonds. The van der Waals surface area contributed by atoms with Crippen molar-refractivity contribution in [2.75, 3.05) is 37.9 Å². The lowest BCUT2D eigenvalue weighted by atomic mass is 9.92. The van der Waals surface area contributed by atoms with Crippen molar-refractivity contribution in [2.45, 2.75) is 52.4 Å². The molecule has 9 heteroatoms. The van der Waals surface area contributed by atoms with Gasteiger partial charge in [0.15, 0.2) is 0 Å². The molecule has 0 spiro atoms. The number of carbonyl (C=O) groups excluding carboxylic acids is 2. The average Bonchev–Trinajstić information content (AvgIpc) is 3.32. The van der Waals surface area contributed by atoms with E-state index >= 15 is 0 Å². The zero-order chi connectivity index (χ0) is 27.7. The van der Waals surface area contributed by atoms with Crippen molar-refractivity contribution in [2.24, 2.45) is 0 Å². The molecule has 0 fully saturated rings. The lowest BCUT2D eigenvalue weighted by Gasteiger charge is -2.23. The van der Waals surface area contributed by atoms with Crippen molar-refractivity contribution in [3.8, 4) is 17.2 Å². The summed E-state index contributed by atoms with van der Waals surface area (Å²) < 4.78 is 12.3. The number of urea groups is 1. The molecule has 0 unspecified atom stereocenters. The maximum absolute atomic E-state index is 13.3. The number of amides is 3. The van der Waals surface area contributed by atoms with Crippen LogP contribution in [0, 0.1) is 0 Å². The van der Waals surface area contributed by atoms with Gasteiger partial charge in [0.05, 0.1) is 31.3 Å². The largest absolute Gasteiger partial charge is 0.497 e.